The van der Waals surface area contributed by atoms with Crippen LogP contribution in [0.2, 0.25) is 5.02 Å². The molecule has 6 heteroatoms. The summed E-state index contributed by atoms with van der Waals surface area (Å²) in [6.07, 6.45) is 1.78. The highest BCUT2D eigenvalue weighted by atomic mass is 35.5. The molecule has 14 heavy (non-hydrogen) atoms. The predicted molar refractivity (Wildman–Crippen MR) is 58.4 cm³/mol. The van der Waals surface area contributed by atoms with Crippen molar-refractivity contribution in [2.45, 2.75) is 13.5 Å². The van der Waals surface area contributed by atoms with E-state index in [1.165, 1.54) is 11.3 Å². The van der Waals surface area contributed by atoms with E-state index in [9.17, 15) is 0 Å². The van der Waals surface area contributed by atoms with E-state index < -0.39 is 0 Å². The number of halogens is 1. The summed E-state index contributed by atoms with van der Waals surface area (Å²) >= 11 is 7.39. The Morgan fingerprint density at radius 3 is 2.93 bits per heavy atom. The number of nitrogens with zero attached hydrogens (tertiary/aromatic N) is 3. The number of thiazole rings is 1. The lowest BCUT2D eigenvalue weighted by Gasteiger charge is -1.91. The molecular weight excluding hydrogens is 220 g/mol. The van der Waals surface area contributed by atoms with Gasteiger partial charge < -0.3 is 5.73 Å². The van der Waals surface area contributed by atoms with Gasteiger partial charge in [-0.2, -0.15) is 5.10 Å². The Hall–Kier alpha value is -1.07. The standard InChI is InChI=1S/C8H9ClN4S/c1-2-13-3-5(9)7(12-13)6-4-14-8(10)11-6/h3-4H,2H2,1H3,(H2,10,11). The van der Waals surface area contributed by atoms with E-state index in [4.69, 9.17) is 17.3 Å². The minimum Gasteiger partial charge on any atom is -0.375 e. The van der Waals surface area contributed by atoms with Crippen molar-refractivity contribution >= 4 is 28.1 Å². The normalized spacial score (nSPS) is 10.7. The van der Waals surface area contributed by atoms with Gasteiger partial charge in [0, 0.05) is 18.1 Å². The minimum atomic E-state index is 0.530. The SMILES string of the molecule is CCn1cc(Cl)c(-c2csc(N)n2)n1. The predicted octanol–water partition coefficient (Wildman–Crippen LogP) is 2.26. The number of aryl methyl sites for hydroxylation is 1. The number of anilines is 1. The van der Waals surface area contributed by atoms with E-state index in [1.807, 2.05) is 12.3 Å². The van der Waals surface area contributed by atoms with Crippen LogP contribution < -0.4 is 5.73 Å². The van der Waals surface area contributed by atoms with Crippen LogP contribution in [-0.2, 0) is 6.54 Å². The Kier molecular flexibility index (Phi) is 2.43. The van der Waals surface area contributed by atoms with Gasteiger partial charge in [0.1, 0.15) is 11.4 Å². The average Bonchev–Trinajstić information content (AvgIpc) is 2.71. The number of hydrogen-bond donors (Lipinski definition) is 1. The fraction of sp³-hybridized carbons (Fsp3) is 0.250. The van der Waals surface area contributed by atoms with Crippen molar-refractivity contribution < 1.29 is 0 Å². The van der Waals surface area contributed by atoms with E-state index in [2.05, 4.69) is 10.1 Å². The summed E-state index contributed by atoms with van der Waals surface area (Å²) in [5.74, 6) is 0. The van der Waals surface area contributed by atoms with Crippen LogP contribution in [0.1, 0.15) is 6.92 Å². The molecule has 2 heterocycles. The first kappa shape index (κ1) is 9.48. The monoisotopic (exact) mass is 228 g/mol. The minimum absolute atomic E-state index is 0.530. The molecule has 0 spiro atoms. The van der Waals surface area contributed by atoms with Crippen LogP contribution >= 0.6 is 22.9 Å². The van der Waals surface area contributed by atoms with Gasteiger partial charge in [0.15, 0.2) is 5.13 Å². The first-order chi connectivity index (χ1) is 6.70. The van der Waals surface area contributed by atoms with Crippen LogP contribution in [0.3, 0.4) is 0 Å². The Balaban J connectivity index is 2.45. The number of nitrogen functional groups attached to an aromatic ring is 1. The molecule has 2 rings (SSSR count). The summed E-state index contributed by atoms with van der Waals surface area (Å²) in [7, 11) is 0. The largest absolute Gasteiger partial charge is 0.375 e. The summed E-state index contributed by atoms with van der Waals surface area (Å²) in [6, 6.07) is 0. The van der Waals surface area contributed by atoms with E-state index in [-0.39, 0.29) is 0 Å². The van der Waals surface area contributed by atoms with Crippen LogP contribution in [0.15, 0.2) is 11.6 Å². The van der Waals surface area contributed by atoms with Gasteiger partial charge in [0.05, 0.1) is 5.02 Å². The summed E-state index contributed by atoms with van der Waals surface area (Å²) < 4.78 is 1.77. The van der Waals surface area contributed by atoms with Gasteiger partial charge in [0.25, 0.3) is 0 Å². The molecule has 0 aliphatic heterocycles. The van der Waals surface area contributed by atoms with E-state index in [0.717, 1.165) is 12.2 Å². The van der Waals surface area contributed by atoms with Gasteiger partial charge in [0.2, 0.25) is 0 Å². The molecule has 0 fully saturated rings. The molecule has 0 radical (unpaired) electrons. The van der Waals surface area contributed by atoms with Gasteiger partial charge in [-0.05, 0) is 6.92 Å². The third-order valence-corrected chi connectivity index (χ3v) is 2.76. The number of aromatic nitrogens is 3. The average molecular weight is 229 g/mol. The maximum atomic E-state index is 6.01. The zero-order valence-corrected chi connectivity index (χ0v) is 9.14. The second-order valence-electron chi connectivity index (χ2n) is 2.75. The fourth-order valence-electron chi connectivity index (χ4n) is 1.13. The molecule has 74 valence electrons. The molecule has 2 aromatic heterocycles. The fourth-order valence-corrected chi connectivity index (χ4v) is 1.92. The molecular formula is C8H9ClN4S. The topological polar surface area (TPSA) is 56.7 Å². The van der Waals surface area contributed by atoms with Crippen LogP contribution in [0.5, 0.6) is 0 Å². The highest BCUT2D eigenvalue weighted by molar-refractivity contribution is 7.13. The third-order valence-electron chi connectivity index (χ3n) is 1.81. The lowest BCUT2D eigenvalue weighted by atomic mass is 10.3. The molecule has 4 nitrogen and oxygen atoms in total. The van der Waals surface area contributed by atoms with Crippen molar-refractivity contribution in [3.05, 3.63) is 16.6 Å². The molecule has 0 unspecified atom stereocenters. The molecule has 2 aromatic rings. The highest BCUT2D eigenvalue weighted by Crippen LogP contribution is 2.27. The first-order valence-corrected chi connectivity index (χ1v) is 5.40. The third kappa shape index (κ3) is 1.60. The van der Waals surface area contributed by atoms with E-state index in [0.29, 0.717) is 15.8 Å². The van der Waals surface area contributed by atoms with Crippen LogP contribution in [0.4, 0.5) is 5.13 Å². The van der Waals surface area contributed by atoms with Crippen molar-refractivity contribution in [3.63, 3.8) is 0 Å². The van der Waals surface area contributed by atoms with Gasteiger partial charge in [-0.15, -0.1) is 11.3 Å². The molecule has 0 amide bonds. The summed E-state index contributed by atoms with van der Waals surface area (Å²) in [4.78, 5) is 4.13. The Morgan fingerprint density at radius 2 is 2.43 bits per heavy atom. The van der Waals surface area contributed by atoms with E-state index in [1.54, 1.807) is 10.9 Å². The zero-order valence-electron chi connectivity index (χ0n) is 7.57. The molecule has 0 aliphatic rings. The van der Waals surface area contributed by atoms with Crippen molar-refractivity contribution in [2.75, 3.05) is 5.73 Å². The van der Waals surface area contributed by atoms with Crippen LogP contribution in [0.25, 0.3) is 11.4 Å². The number of nitrogens with two attached hydrogens (primary N) is 1. The maximum absolute atomic E-state index is 6.01. The Bertz CT molecular complexity index is 448. The first-order valence-electron chi connectivity index (χ1n) is 4.15. The Labute approximate surface area is 90.3 Å². The van der Waals surface area contributed by atoms with Crippen molar-refractivity contribution in [1.29, 1.82) is 0 Å². The molecule has 2 N–H and O–H groups in total. The van der Waals surface area contributed by atoms with E-state index >= 15 is 0 Å². The van der Waals surface area contributed by atoms with Crippen molar-refractivity contribution in [3.8, 4) is 11.4 Å². The number of rotatable bonds is 2. The Morgan fingerprint density at radius 1 is 1.64 bits per heavy atom. The quantitative estimate of drug-likeness (QED) is 0.858. The number of hydrogen-bond acceptors (Lipinski definition) is 4. The molecule has 0 bridgehead atoms. The highest BCUT2D eigenvalue weighted by Gasteiger charge is 2.11. The lowest BCUT2D eigenvalue weighted by molar-refractivity contribution is 0.662. The lowest BCUT2D eigenvalue weighted by Crippen LogP contribution is -1.94. The van der Waals surface area contributed by atoms with Gasteiger partial charge in [-0.25, -0.2) is 4.98 Å². The molecule has 0 atom stereocenters. The second kappa shape index (κ2) is 3.59. The summed E-state index contributed by atoms with van der Waals surface area (Å²) in [5, 5.41) is 7.27. The van der Waals surface area contributed by atoms with Crippen molar-refractivity contribution in [2.24, 2.45) is 0 Å². The van der Waals surface area contributed by atoms with Gasteiger partial charge in [-0.1, -0.05) is 11.6 Å². The van der Waals surface area contributed by atoms with Gasteiger partial charge >= 0.3 is 0 Å². The summed E-state index contributed by atoms with van der Waals surface area (Å²) in [6.45, 7) is 2.79. The van der Waals surface area contributed by atoms with Crippen molar-refractivity contribution in [1.82, 2.24) is 14.8 Å². The second-order valence-corrected chi connectivity index (χ2v) is 4.05. The molecule has 0 saturated heterocycles. The van der Waals surface area contributed by atoms with Crippen LogP contribution in [-0.4, -0.2) is 14.8 Å². The van der Waals surface area contributed by atoms with Crippen LogP contribution in [0, 0.1) is 0 Å². The smallest absolute Gasteiger partial charge is 0.180 e. The van der Waals surface area contributed by atoms with Gasteiger partial charge in [-0.3, -0.25) is 4.68 Å². The maximum Gasteiger partial charge on any atom is 0.180 e. The summed E-state index contributed by atoms with van der Waals surface area (Å²) in [5.41, 5.74) is 6.97. The molecule has 0 aromatic carbocycles. The zero-order chi connectivity index (χ0) is 10.1. The molecule has 0 aliphatic carbocycles. The molecule has 0 saturated carbocycles.